The molecule has 0 radical (unpaired) electrons. The second kappa shape index (κ2) is 6.34. The van der Waals surface area contributed by atoms with Crippen molar-refractivity contribution in [2.45, 2.75) is 24.9 Å². The Balaban J connectivity index is 1.58. The van der Waals surface area contributed by atoms with Gasteiger partial charge in [-0.1, -0.05) is 42.5 Å². The highest BCUT2D eigenvalue weighted by Gasteiger charge is 2.64. The quantitative estimate of drug-likeness (QED) is 0.609. The zero-order chi connectivity index (χ0) is 19.4. The first-order valence-corrected chi connectivity index (χ1v) is 9.57. The van der Waals surface area contributed by atoms with Gasteiger partial charge in [-0.25, -0.2) is 9.29 Å². The minimum absolute atomic E-state index is 0.0256. The summed E-state index contributed by atoms with van der Waals surface area (Å²) >= 11 is 0. The number of carbonyl (C=O) groups excluding carboxylic acids is 3. The van der Waals surface area contributed by atoms with Crippen LogP contribution in [-0.2, 0) is 9.59 Å². The van der Waals surface area contributed by atoms with E-state index < -0.39 is 29.6 Å². The molecule has 3 saturated heterocycles. The Morgan fingerprint density at radius 3 is 2.36 bits per heavy atom. The number of nitrogens with zero attached hydrogens (tertiary/aromatic N) is 2. The van der Waals surface area contributed by atoms with Crippen LogP contribution < -0.4 is 4.90 Å². The van der Waals surface area contributed by atoms with E-state index in [1.54, 1.807) is 30.3 Å². The lowest BCUT2D eigenvalue weighted by molar-refractivity contribution is -0.123. The molecule has 0 aliphatic carbocycles. The van der Waals surface area contributed by atoms with Crippen molar-refractivity contribution < 1.29 is 18.8 Å². The van der Waals surface area contributed by atoms with Crippen molar-refractivity contribution in [3.8, 4) is 0 Å². The summed E-state index contributed by atoms with van der Waals surface area (Å²) in [5.41, 5.74) is 0.505. The lowest BCUT2D eigenvalue weighted by Gasteiger charge is -2.27. The number of benzene rings is 2. The predicted octanol–water partition coefficient (Wildman–Crippen LogP) is 2.66. The van der Waals surface area contributed by atoms with Crippen LogP contribution in [-0.4, -0.2) is 41.1 Å². The smallest absolute Gasteiger partial charge is 0.239 e. The summed E-state index contributed by atoms with van der Waals surface area (Å²) < 4.78 is 14.3. The van der Waals surface area contributed by atoms with Crippen LogP contribution in [0.3, 0.4) is 0 Å². The number of hydrogen-bond donors (Lipinski definition) is 0. The summed E-state index contributed by atoms with van der Waals surface area (Å²) in [7, 11) is 0. The van der Waals surface area contributed by atoms with Gasteiger partial charge in [0.2, 0.25) is 11.8 Å². The molecule has 2 amide bonds. The van der Waals surface area contributed by atoms with Gasteiger partial charge in [0.1, 0.15) is 5.82 Å². The highest BCUT2D eigenvalue weighted by atomic mass is 19.1. The molecular weight excluding hydrogens is 359 g/mol. The molecule has 3 aliphatic rings. The molecule has 4 atom stereocenters. The second-order valence-corrected chi connectivity index (χ2v) is 7.64. The largest absolute Gasteiger partial charge is 0.292 e. The van der Waals surface area contributed by atoms with Crippen LogP contribution >= 0.6 is 0 Å². The number of para-hydroxylation sites is 1. The molecule has 0 aromatic heterocycles. The van der Waals surface area contributed by atoms with Crippen LogP contribution in [0.4, 0.5) is 10.1 Å². The Kier molecular flexibility index (Phi) is 3.91. The molecule has 5 nitrogen and oxygen atoms in total. The van der Waals surface area contributed by atoms with E-state index in [-0.39, 0.29) is 23.4 Å². The van der Waals surface area contributed by atoms with E-state index in [2.05, 4.69) is 0 Å². The summed E-state index contributed by atoms with van der Waals surface area (Å²) in [6, 6.07) is 13.8. The molecule has 3 fully saturated rings. The lowest BCUT2D eigenvalue weighted by atomic mass is 9.85. The summed E-state index contributed by atoms with van der Waals surface area (Å²) in [5, 5.41) is 0. The number of amides is 2. The maximum absolute atomic E-state index is 14.3. The highest BCUT2D eigenvalue weighted by Crippen LogP contribution is 2.48. The van der Waals surface area contributed by atoms with Gasteiger partial charge in [-0.15, -0.1) is 0 Å². The molecule has 0 unspecified atom stereocenters. The average Bonchev–Trinajstić information content (AvgIpc) is 3.35. The zero-order valence-electron chi connectivity index (χ0n) is 15.1. The number of imide groups is 1. The summed E-state index contributed by atoms with van der Waals surface area (Å²) in [6.07, 6.45) is 1.65. The van der Waals surface area contributed by atoms with E-state index in [0.717, 1.165) is 17.7 Å². The SMILES string of the molecule is O=C(c1ccccc1)[C@@H]1[C@@H]2C(=O)N(c3ccccc3F)C(=O)[C@H]2[C@H]2CCCN21. The standard InChI is InChI=1S/C22H19FN2O3/c23-14-9-4-5-10-15(14)25-21(27)17-16-11-6-12-24(16)19(18(17)22(25)28)20(26)13-7-2-1-3-8-13/h1-5,7-10,16-19H,6,11-12H2/t16-,17+,18-,19+/m1/s1. The van der Waals surface area contributed by atoms with Crippen LogP contribution in [0.1, 0.15) is 23.2 Å². The number of carbonyl (C=O) groups is 3. The van der Waals surface area contributed by atoms with E-state index in [4.69, 9.17) is 0 Å². The Morgan fingerprint density at radius 1 is 0.929 bits per heavy atom. The average molecular weight is 378 g/mol. The number of rotatable bonds is 3. The summed E-state index contributed by atoms with van der Waals surface area (Å²) in [4.78, 5) is 42.8. The van der Waals surface area contributed by atoms with Gasteiger partial charge in [-0.2, -0.15) is 0 Å². The molecule has 3 heterocycles. The molecule has 28 heavy (non-hydrogen) atoms. The van der Waals surface area contributed by atoms with Gasteiger partial charge >= 0.3 is 0 Å². The molecule has 0 saturated carbocycles. The number of fused-ring (bicyclic) bond motifs is 3. The van der Waals surface area contributed by atoms with Crippen molar-refractivity contribution in [1.82, 2.24) is 4.90 Å². The number of anilines is 1. The Labute approximate surface area is 161 Å². The van der Waals surface area contributed by atoms with Crippen LogP contribution in [0.15, 0.2) is 54.6 Å². The van der Waals surface area contributed by atoms with E-state index in [1.165, 1.54) is 18.2 Å². The van der Waals surface area contributed by atoms with Gasteiger partial charge in [0.05, 0.1) is 23.6 Å². The van der Waals surface area contributed by atoms with E-state index in [0.29, 0.717) is 12.1 Å². The van der Waals surface area contributed by atoms with Crippen molar-refractivity contribution >= 4 is 23.3 Å². The fourth-order valence-electron chi connectivity index (χ4n) is 5.16. The lowest BCUT2D eigenvalue weighted by Crippen LogP contribution is -2.46. The molecule has 2 aromatic rings. The fourth-order valence-corrected chi connectivity index (χ4v) is 5.16. The molecule has 2 aromatic carbocycles. The zero-order valence-corrected chi connectivity index (χ0v) is 15.1. The fraction of sp³-hybridized carbons (Fsp3) is 0.318. The Hall–Kier alpha value is -2.86. The molecule has 3 aliphatic heterocycles. The minimum Gasteiger partial charge on any atom is -0.292 e. The van der Waals surface area contributed by atoms with E-state index >= 15 is 0 Å². The van der Waals surface area contributed by atoms with Crippen LogP contribution in [0.5, 0.6) is 0 Å². The van der Waals surface area contributed by atoms with E-state index in [1.807, 2.05) is 11.0 Å². The molecular formula is C22H19FN2O3. The second-order valence-electron chi connectivity index (χ2n) is 7.64. The highest BCUT2D eigenvalue weighted by molar-refractivity contribution is 6.24. The topological polar surface area (TPSA) is 57.7 Å². The van der Waals surface area contributed by atoms with Gasteiger partial charge in [0.15, 0.2) is 5.78 Å². The number of hydrogen-bond acceptors (Lipinski definition) is 4. The van der Waals surface area contributed by atoms with Crippen molar-refractivity contribution in [2.75, 3.05) is 11.4 Å². The van der Waals surface area contributed by atoms with Crippen LogP contribution in [0.2, 0.25) is 0 Å². The van der Waals surface area contributed by atoms with E-state index in [9.17, 15) is 18.8 Å². The molecule has 0 N–H and O–H groups in total. The van der Waals surface area contributed by atoms with Crippen molar-refractivity contribution in [1.29, 1.82) is 0 Å². The molecule has 0 bridgehead atoms. The summed E-state index contributed by atoms with van der Waals surface area (Å²) in [5.74, 6) is -2.96. The minimum atomic E-state index is -0.759. The predicted molar refractivity (Wildman–Crippen MR) is 100 cm³/mol. The van der Waals surface area contributed by atoms with Crippen LogP contribution in [0.25, 0.3) is 0 Å². The monoisotopic (exact) mass is 378 g/mol. The third kappa shape index (κ3) is 2.31. The normalized spacial score (nSPS) is 29.2. The van der Waals surface area contributed by atoms with Crippen LogP contribution in [0, 0.1) is 17.7 Å². The first kappa shape index (κ1) is 17.3. The van der Waals surface area contributed by atoms with Gasteiger partial charge in [-0.05, 0) is 31.5 Å². The Morgan fingerprint density at radius 2 is 1.61 bits per heavy atom. The molecule has 142 valence electrons. The summed E-state index contributed by atoms with van der Waals surface area (Å²) in [6.45, 7) is 0.696. The van der Waals surface area contributed by atoms with Crippen molar-refractivity contribution in [2.24, 2.45) is 11.8 Å². The van der Waals surface area contributed by atoms with Gasteiger partial charge in [0, 0.05) is 11.6 Å². The van der Waals surface area contributed by atoms with Gasteiger partial charge in [-0.3, -0.25) is 19.3 Å². The molecule has 5 rings (SSSR count). The van der Waals surface area contributed by atoms with Crippen molar-refractivity contribution in [3.05, 3.63) is 66.0 Å². The maximum atomic E-state index is 14.3. The third-order valence-electron chi connectivity index (χ3n) is 6.27. The van der Waals surface area contributed by atoms with Crippen molar-refractivity contribution in [3.63, 3.8) is 0 Å². The number of Topliss-reactive ketones (excluding diaryl/α,β-unsaturated/α-hetero) is 1. The molecule has 6 heteroatoms. The first-order chi connectivity index (χ1) is 13.6. The van der Waals surface area contributed by atoms with Gasteiger partial charge in [0.25, 0.3) is 0 Å². The maximum Gasteiger partial charge on any atom is 0.239 e. The third-order valence-corrected chi connectivity index (χ3v) is 6.27. The number of ketones is 1. The first-order valence-electron chi connectivity index (χ1n) is 9.57. The Bertz CT molecular complexity index is 977. The number of halogens is 1. The van der Waals surface area contributed by atoms with Gasteiger partial charge < -0.3 is 0 Å². The molecule has 0 spiro atoms.